The van der Waals surface area contributed by atoms with E-state index < -0.39 is 0 Å². The number of aromatic nitrogens is 2. The zero-order chi connectivity index (χ0) is 8.55. The molecule has 0 aliphatic rings. The molecule has 0 saturated carbocycles. The minimum atomic E-state index is 0.945. The van der Waals surface area contributed by atoms with Gasteiger partial charge in [-0.1, -0.05) is 23.9 Å². The number of nitrogens with one attached hydrogen (secondary N) is 1. The van der Waals surface area contributed by atoms with Crippen LogP contribution in [0.4, 0.5) is 0 Å². The average Bonchev–Trinajstić information content (AvgIpc) is 2.49. The highest BCUT2D eigenvalue weighted by Gasteiger charge is 2.02. The highest BCUT2D eigenvalue weighted by atomic mass is 32.2. The summed E-state index contributed by atoms with van der Waals surface area (Å²) in [5.74, 6) is 0. The normalized spacial score (nSPS) is 10.8. The summed E-state index contributed by atoms with van der Waals surface area (Å²) in [7, 11) is 0. The second kappa shape index (κ2) is 2.83. The Labute approximate surface area is 75.4 Å². The molecule has 0 atom stereocenters. The number of nitrogens with zero attached hydrogens (tertiary/aromatic N) is 1. The number of fused-ring (bicyclic) bond motifs is 1. The number of hydrogen-bond acceptors (Lipinski definition) is 2. The number of rotatable bonds is 1. The van der Waals surface area contributed by atoms with Crippen molar-refractivity contribution in [1.82, 2.24) is 9.97 Å². The van der Waals surface area contributed by atoms with E-state index in [0.29, 0.717) is 0 Å². The second-order valence-electron chi connectivity index (χ2n) is 2.56. The molecular formula is C9H9N2S. The molecule has 0 fully saturated rings. The van der Waals surface area contributed by atoms with Gasteiger partial charge < -0.3 is 4.98 Å². The van der Waals surface area contributed by atoms with Gasteiger partial charge in [-0.25, -0.2) is 4.98 Å². The first-order valence-electron chi connectivity index (χ1n) is 3.66. The van der Waals surface area contributed by atoms with Crippen LogP contribution >= 0.6 is 11.8 Å². The van der Waals surface area contributed by atoms with Crippen LogP contribution in [0.15, 0.2) is 23.4 Å². The lowest BCUT2D eigenvalue weighted by Crippen LogP contribution is -1.74. The summed E-state index contributed by atoms with van der Waals surface area (Å²) in [4.78, 5) is 7.57. The first-order valence-corrected chi connectivity index (χ1v) is 4.88. The van der Waals surface area contributed by atoms with Crippen molar-refractivity contribution < 1.29 is 0 Å². The number of benzene rings is 1. The number of imidazole rings is 1. The van der Waals surface area contributed by atoms with Crippen LogP contribution in [-0.2, 0) is 0 Å². The molecule has 0 amide bonds. The minimum absolute atomic E-state index is 0.945. The van der Waals surface area contributed by atoms with E-state index in [4.69, 9.17) is 0 Å². The summed E-state index contributed by atoms with van der Waals surface area (Å²) < 4.78 is 0. The Morgan fingerprint density at radius 1 is 1.50 bits per heavy atom. The molecule has 1 heterocycles. The molecule has 2 rings (SSSR count). The summed E-state index contributed by atoms with van der Waals surface area (Å²) >= 11 is 1.61. The molecule has 0 saturated heterocycles. The van der Waals surface area contributed by atoms with Gasteiger partial charge in [-0.15, -0.1) is 0 Å². The lowest BCUT2D eigenvalue weighted by molar-refractivity contribution is 1.08. The predicted octanol–water partition coefficient (Wildman–Crippen LogP) is 2.47. The third-order valence-electron chi connectivity index (χ3n) is 1.77. The van der Waals surface area contributed by atoms with E-state index >= 15 is 0 Å². The highest BCUT2D eigenvalue weighted by Crippen LogP contribution is 2.19. The molecule has 0 unspecified atom stereocenters. The van der Waals surface area contributed by atoms with Gasteiger partial charge in [0.15, 0.2) is 5.16 Å². The molecule has 0 bridgehead atoms. The molecular weight excluding hydrogens is 168 g/mol. The lowest BCUT2D eigenvalue weighted by atomic mass is 10.2. The van der Waals surface area contributed by atoms with Gasteiger partial charge in [-0.3, -0.25) is 0 Å². The number of hydrogen-bond donors (Lipinski definition) is 1. The van der Waals surface area contributed by atoms with Crippen molar-refractivity contribution in [3.05, 3.63) is 30.7 Å². The maximum atomic E-state index is 4.38. The maximum Gasteiger partial charge on any atom is 0.166 e. The van der Waals surface area contributed by atoms with E-state index in [1.54, 1.807) is 11.8 Å². The predicted molar refractivity (Wildman–Crippen MR) is 52.3 cm³/mol. The Kier molecular flexibility index (Phi) is 1.81. The van der Waals surface area contributed by atoms with Gasteiger partial charge in [0.05, 0.1) is 11.0 Å². The van der Waals surface area contributed by atoms with Crippen molar-refractivity contribution in [2.24, 2.45) is 0 Å². The van der Waals surface area contributed by atoms with Crippen molar-refractivity contribution in [3.8, 4) is 0 Å². The summed E-state index contributed by atoms with van der Waals surface area (Å²) in [6, 6.07) is 5.96. The summed E-state index contributed by atoms with van der Waals surface area (Å²) in [6.07, 6.45) is 2.00. The molecule has 1 aromatic carbocycles. The minimum Gasteiger partial charge on any atom is -0.333 e. The molecule has 2 nitrogen and oxygen atoms in total. The van der Waals surface area contributed by atoms with Gasteiger partial charge in [-0.05, 0) is 24.8 Å². The van der Waals surface area contributed by atoms with Crippen LogP contribution in [0.2, 0.25) is 0 Å². The van der Waals surface area contributed by atoms with Crippen LogP contribution in [-0.4, -0.2) is 16.2 Å². The molecule has 3 heteroatoms. The average molecular weight is 177 g/mol. The lowest BCUT2D eigenvalue weighted by Gasteiger charge is -1.90. The van der Waals surface area contributed by atoms with E-state index in [1.165, 1.54) is 0 Å². The van der Waals surface area contributed by atoms with E-state index in [1.807, 2.05) is 24.5 Å². The van der Waals surface area contributed by atoms with Crippen LogP contribution in [0.25, 0.3) is 11.0 Å². The number of aromatic amines is 1. The SMILES string of the molecule is [CH2]c1cccc2[nH]c(SC)nc12. The summed E-state index contributed by atoms with van der Waals surface area (Å²) in [5.41, 5.74) is 3.01. The van der Waals surface area contributed by atoms with E-state index in [2.05, 4.69) is 16.9 Å². The molecule has 12 heavy (non-hydrogen) atoms. The summed E-state index contributed by atoms with van der Waals surface area (Å²) in [6.45, 7) is 3.90. The molecule has 2 aromatic rings. The Balaban J connectivity index is 2.74. The molecule has 1 N–H and O–H groups in total. The van der Waals surface area contributed by atoms with Gasteiger partial charge in [0, 0.05) is 0 Å². The van der Waals surface area contributed by atoms with Crippen molar-refractivity contribution >= 4 is 22.8 Å². The maximum absolute atomic E-state index is 4.38. The van der Waals surface area contributed by atoms with Crippen molar-refractivity contribution in [2.45, 2.75) is 5.16 Å². The smallest absolute Gasteiger partial charge is 0.166 e. The fourth-order valence-electron chi connectivity index (χ4n) is 1.17. The molecule has 1 radical (unpaired) electrons. The van der Waals surface area contributed by atoms with E-state index in [9.17, 15) is 0 Å². The molecule has 0 aliphatic heterocycles. The van der Waals surface area contributed by atoms with Crippen LogP contribution in [0.5, 0.6) is 0 Å². The third-order valence-corrected chi connectivity index (χ3v) is 2.35. The molecule has 61 valence electrons. The Morgan fingerprint density at radius 2 is 2.33 bits per heavy atom. The monoisotopic (exact) mass is 177 g/mol. The van der Waals surface area contributed by atoms with Gasteiger partial charge in [0.25, 0.3) is 0 Å². The van der Waals surface area contributed by atoms with Gasteiger partial charge in [-0.2, -0.15) is 0 Å². The highest BCUT2D eigenvalue weighted by molar-refractivity contribution is 7.98. The van der Waals surface area contributed by atoms with Gasteiger partial charge in [0.2, 0.25) is 0 Å². The number of H-pyrrole nitrogens is 1. The van der Waals surface area contributed by atoms with Crippen LogP contribution < -0.4 is 0 Å². The van der Waals surface area contributed by atoms with Crippen molar-refractivity contribution in [3.63, 3.8) is 0 Å². The Morgan fingerprint density at radius 3 is 3.00 bits per heavy atom. The third kappa shape index (κ3) is 1.10. The van der Waals surface area contributed by atoms with Crippen molar-refractivity contribution in [1.29, 1.82) is 0 Å². The molecule has 1 aromatic heterocycles. The van der Waals surface area contributed by atoms with Crippen LogP contribution in [0.3, 0.4) is 0 Å². The molecule has 0 aliphatic carbocycles. The zero-order valence-electron chi connectivity index (χ0n) is 6.79. The first kappa shape index (κ1) is 7.68. The zero-order valence-corrected chi connectivity index (χ0v) is 7.61. The first-order chi connectivity index (χ1) is 5.81. The Bertz CT molecular complexity index is 406. The Hall–Kier alpha value is -0.960. The van der Waals surface area contributed by atoms with E-state index in [-0.39, 0.29) is 0 Å². The fraction of sp³-hybridized carbons (Fsp3) is 0.111. The van der Waals surface area contributed by atoms with Crippen LogP contribution in [0, 0.1) is 6.92 Å². The van der Waals surface area contributed by atoms with Crippen LogP contribution in [0.1, 0.15) is 5.56 Å². The standard InChI is InChI=1S/C9H9N2S/c1-6-4-3-5-7-8(6)11-9(10-7)12-2/h3-5H,1H2,2H3,(H,10,11). The topological polar surface area (TPSA) is 28.7 Å². The number of thioether (sulfide) groups is 1. The quantitative estimate of drug-likeness (QED) is 0.678. The van der Waals surface area contributed by atoms with Gasteiger partial charge in [0.1, 0.15) is 0 Å². The number of para-hydroxylation sites is 1. The van der Waals surface area contributed by atoms with Gasteiger partial charge >= 0.3 is 0 Å². The fourth-order valence-corrected chi connectivity index (χ4v) is 1.56. The van der Waals surface area contributed by atoms with E-state index in [0.717, 1.165) is 21.8 Å². The summed E-state index contributed by atoms with van der Waals surface area (Å²) in [5, 5.41) is 0.945. The largest absolute Gasteiger partial charge is 0.333 e. The second-order valence-corrected chi connectivity index (χ2v) is 3.35. The molecule has 0 spiro atoms. The van der Waals surface area contributed by atoms with Crippen molar-refractivity contribution in [2.75, 3.05) is 6.26 Å².